The number of carbonyl (C=O) groups is 1. The van der Waals surface area contributed by atoms with Crippen molar-refractivity contribution in [2.75, 3.05) is 19.0 Å². The summed E-state index contributed by atoms with van der Waals surface area (Å²) in [4.78, 5) is 16.7. The van der Waals surface area contributed by atoms with E-state index in [-0.39, 0.29) is 12.3 Å². The molecule has 0 atom stereocenters. The van der Waals surface area contributed by atoms with Crippen LogP contribution in [0.4, 0.5) is 5.13 Å². The molecule has 7 heteroatoms. The van der Waals surface area contributed by atoms with E-state index in [1.807, 2.05) is 18.2 Å². The van der Waals surface area contributed by atoms with Crippen LogP contribution in [-0.4, -0.2) is 24.4 Å². The van der Waals surface area contributed by atoms with E-state index in [1.165, 1.54) is 11.3 Å². The zero-order chi connectivity index (χ0) is 16.4. The number of para-hydroxylation sites is 1. The van der Waals surface area contributed by atoms with Crippen molar-refractivity contribution >= 4 is 55.7 Å². The number of nitrogens with zero attached hydrogens (tertiary/aromatic N) is 1. The first-order valence-corrected chi connectivity index (χ1v) is 8.31. The van der Waals surface area contributed by atoms with Crippen LogP contribution in [0.1, 0.15) is 10.4 Å². The zero-order valence-corrected chi connectivity index (χ0v) is 14.4. The number of thiazole rings is 1. The third-order valence-corrected chi connectivity index (χ3v) is 4.96. The van der Waals surface area contributed by atoms with Crippen LogP contribution in [-0.2, 0) is 0 Å². The van der Waals surface area contributed by atoms with Crippen LogP contribution in [0, 0.1) is 0 Å². The summed E-state index contributed by atoms with van der Waals surface area (Å²) in [6, 6.07) is 10.5. The molecule has 118 valence electrons. The minimum absolute atomic E-state index is 0.0882. The minimum atomic E-state index is -0.0882. The van der Waals surface area contributed by atoms with Crippen molar-refractivity contribution in [2.45, 2.75) is 0 Å². The van der Waals surface area contributed by atoms with Crippen LogP contribution in [0.3, 0.4) is 0 Å². The molecule has 0 aliphatic carbocycles. The van der Waals surface area contributed by atoms with Crippen LogP contribution in [0.5, 0.6) is 5.75 Å². The number of anilines is 1. The summed E-state index contributed by atoms with van der Waals surface area (Å²) in [7, 11) is 1.61. The maximum atomic E-state index is 12.2. The number of ether oxygens (including phenoxy) is 1. The SMILES string of the molecule is COc1cccc2sc(NCC(=O)c3ccc(Cl)c(Cl)c3)nc12. The number of carbonyl (C=O) groups excluding carboxylic acids is 1. The summed E-state index contributed by atoms with van der Waals surface area (Å²) in [6.45, 7) is 0.125. The summed E-state index contributed by atoms with van der Waals surface area (Å²) in [5.41, 5.74) is 1.29. The van der Waals surface area contributed by atoms with E-state index in [4.69, 9.17) is 27.9 Å². The van der Waals surface area contributed by atoms with Crippen LogP contribution < -0.4 is 10.1 Å². The Morgan fingerprint density at radius 1 is 1.26 bits per heavy atom. The Balaban J connectivity index is 1.75. The summed E-state index contributed by atoms with van der Waals surface area (Å²) in [5.74, 6) is 0.623. The molecule has 3 aromatic rings. The normalized spacial score (nSPS) is 10.7. The monoisotopic (exact) mass is 366 g/mol. The number of hydrogen-bond donors (Lipinski definition) is 1. The largest absolute Gasteiger partial charge is 0.494 e. The second kappa shape index (κ2) is 6.74. The van der Waals surface area contributed by atoms with Crippen molar-refractivity contribution in [2.24, 2.45) is 0 Å². The van der Waals surface area contributed by atoms with E-state index in [2.05, 4.69) is 10.3 Å². The van der Waals surface area contributed by atoms with Gasteiger partial charge in [-0.25, -0.2) is 4.98 Å². The van der Waals surface area contributed by atoms with E-state index < -0.39 is 0 Å². The molecule has 4 nitrogen and oxygen atoms in total. The number of benzene rings is 2. The third-order valence-electron chi connectivity index (χ3n) is 3.24. The molecule has 0 saturated heterocycles. The molecular weight excluding hydrogens is 355 g/mol. The predicted molar refractivity (Wildman–Crippen MR) is 95.5 cm³/mol. The topological polar surface area (TPSA) is 51.2 Å². The van der Waals surface area contributed by atoms with Crippen molar-refractivity contribution < 1.29 is 9.53 Å². The number of hydrogen-bond acceptors (Lipinski definition) is 5. The highest BCUT2D eigenvalue weighted by Crippen LogP contribution is 2.32. The molecule has 0 amide bonds. The molecule has 1 heterocycles. The molecule has 0 aliphatic heterocycles. The fourth-order valence-electron chi connectivity index (χ4n) is 2.09. The smallest absolute Gasteiger partial charge is 0.184 e. The fourth-order valence-corrected chi connectivity index (χ4v) is 3.27. The molecular formula is C16H12Cl2N2O2S. The van der Waals surface area contributed by atoms with Crippen LogP contribution in [0.25, 0.3) is 10.2 Å². The van der Waals surface area contributed by atoms with Gasteiger partial charge in [0, 0.05) is 5.56 Å². The number of aromatic nitrogens is 1. The van der Waals surface area contributed by atoms with E-state index in [1.54, 1.807) is 25.3 Å². The quantitative estimate of drug-likeness (QED) is 0.652. The first-order chi connectivity index (χ1) is 11.1. The van der Waals surface area contributed by atoms with Crippen LogP contribution in [0.15, 0.2) is 36.4 Å². The number of Topliss-reactive ketones (excluding diaryl/α,β-unsaturated/α-hetero) is 1. The van der Waals surface area contributed by atoms with Gasteiger partial charge in [-0.05, 0) is 30.3 Å². The average molecular weight is 367 g/mol. The first-order valence-electron chi connectivity index (χ1n) is 6.74. The van der Waals surface area contributed by atoms with Gasteiger partial charge in [0.25, 0.3) is 0 Å². The Labute approximate surface area is 147 Å². The van der Waals surface area contributed by atoms with Gasteiger partial charge in [0.15, 0.2) is 10.9 Å². The standard InChI is InChI=1S/C16H12Cl2N2O2S/c1-22-13-3-2-4-14-15(13)20-16(23-14)19-8-12(21)9-5-6-10(17)11(18)7-9/h2-7H,8H2,1H3,(H,19,20). The molecule has 0 fully saturated rings. The van der Waals surface area contributed by atoms with Gasteiger partial charge in [0.2, 0.25) is 0 Å². The number of methoxy groups -OCH3 is 1. The highest BCUT2D eigenvalue weighted by molar-refractivity contribution is 7.22. The lowest BCUT2D eigenvalue weighted by Gasteiger charge is -2.03. The van der Waals surface area contributed by atoms with Gasteiger partial charge in [0.1, 0.15) is 11.3 Å². The summed E-state index contributed by atoms with van der Waals surface area (Å²) in [6.07, 6.45) is 0. The third kappa shape index (κ3) is 3.42. The van der Waals surface area contributed by atoms with Gasteiger partial charge in [-0.15, -0.1) is 0 Å². The first kappa shape index (κ1) is 16.1. The lowest BCUT2D eigenvalue weighted by molar-refractivity contribution is 0.101. The summed E-state index contributed by atoms with van der Waals surface area (Å²) in [5, 5.41) is 4.50. The number of rotatable bonds is 5. The number of halogens is 2. The number of fused-ring (bicyclic) bond motifs is 1. The van der Waals surface area contributed by atoms with Crippen molar-refractivity contribution in [3.63, 3.8) is 0 Å². The molecule has 0 spiro atoms. The van der Waals surface area contributed by atoms with Gasteiger partial charge in [-0.2, -0.15) is 0 Å². The van der Waals surface area contributed by atoms with Gasteiger partial charge in [-0.1, -0.05) is 40.6 Å². The molecule has 3 rings (SSSR count). The maximum Gasteiger partial charge on any atom is 0.184 e. The molecule has 0 radical (unpaired) electrons. The van der Waals surface area contributed by atoms with Gasteiger partial charge in [0.05, 0.1) is 28.4 Å². The lowest BCUT2D eigenvalue weighted by atomic mass is 10.1. The maximum absolute atomic E-state index is 12.2. The second-order valence-corrected chi connectivity index (χ2v) is 6.58. The van der Waals surface area contributed by atoms with Crippen LogP contribution >= 0.6 is 34.5 Å². The minimum Gasteiger partial charge on any atom is -0.494 e. The van der Waals surface area contributed by atoms with E-state index >= 15 is 0 Å². The average Bonchev–Trinajstić information content (AvgIpc) is 2.98. The Hall–Kier alpha value is -1.82. The molecule has 1 aromatic heterocycles. The van der Waals surface area contributed by atoms with E-state index in [9.17, 15) is 4.79 Å². The highest BCUT2D eigenvalue weighted by atomic mass is 35.5. The van der Waals surface area contributed by atoms with E-state index in [0.717, 1.165) is 10.2 Å². The van der Waals surface area contributed by atoms with E-state index in [0.29, 0.717) is 26.5 Å². The Morgan fingerprint density at radius 2 is 2.09 bits per heavy atom. The lowest BCUT2D eigenvalue weighted by Crippen LogP contribution is -2.13. The van der Waals surface area contributed by atoms with Crippen molar-refractivity contribution in [1.29, 1.82) is 0 Å². The number of ketones is 1. The molecule has 0 saturated carbocycles. The molecule has 2 aromatic carbocycles. The highest BCUT2D eigenvalue weighted by Gasteiger charge is 2.11. The van der Waals surface area contributed by atoms with Crippen molar-refractivity contribution in [1.82, 2.24) is 4.98 Å². The molecule has 0 aliphatic rings. The summed E-state index contributed by atoms with van der Waals surface area (Å²) >= 11 is 13.3. The van der Waals surface area contributed by atoms with Crippen LogP contribution in [0.2, 0.25) is 10.0 Å². The Morgan fingerprint density at radius 3 is 2.83 bits per heavy atom. The second-order valence-electron chi connectivity index (χ2n) is 4.73. The Bertz CT molecular complexity index is 880. The number of nitrogens with one attached hydrogen (secondary N) is 1. The van der Waals surface area contributed by atoms with Gasteiger partial charge >= 0.3 is 0 Å². The van der Waals surface area contributed by atoms with Gasteiger partial charge < -0.3 is 10.1 Å². The zero-order valence-electron chi connectivity index (χ0n) is 12.1. The van der Waals surface area contributed by atoms with Gasteiger partial charge in [-0.3, -0.25) is 4.79 Å². The van der Waals surface area contributed by atoms with Crippen molar-refractivity contribution in [3.8, 4) is 5.75 Å². The predicted octanol–water partition coefficient (Wildman–Crippen LogP) is 4.91. The molecule has 1 N–H and O–H groups in total. The Kier molecular flexibility index (Phi) is 4.71. The van der Waals surface area contributed by atoms with Crippen molar-refractivity contribution in [3.05, 3.63) is 52.0 Å². The molecule has 0 bridgehead atoms. The molecule has 23 heavy (non-hydrogen) atoms. The summed E-state index contributed by atoms with van der Waals surface area (Å²) < 4.78 is 6.28. The molecule has 0 unspecified atom stereocenters. The fraction of sp³-hybridized carbons (Fsp3) is 0.125.